The number of allylic oxidation sites excluding steroid dienone is 1. The van der Waals surface area contributed by atoms with E-state index in [1.165, 1.54) is 6.20 Å². The topological polar surface area (TPSA) is 108 Å². The smallest absolute Gasteiger partial charge is 0.328 e. The molecule has 1 fully saturated rings. The van der Waals surface area contributed by atoms with Crippen LogP contribution in [0.2, 0.25) is 0 Å². The number of nitrogens with zero attached hydrogens (tertiary/aromatic N) is 1. The van der Waals surface area contributed by atoms with Crippen molar-refractivity contribution in [3.05, 3.63) is 24.6 Å². The molecule has 1 saturated heterocycles. The number of amides is 2. The van der Waals surface area contributed by atoms with E-state index in [4.69, 9.17) is 10.5 Å². The molecule has 2 heterocycles. The minimum atomic E-state index is -1.19. The molecule has 0 bridgehead atoms. The predicted octanol–water partition coefficient (Wildman–Crippen LogP) is -1.56. The number of nitrogens with two attached hydrogens (primary N) is 1. The van der Waals surface area contributed by atoms with Gasteiger partial charge in [0.1, 0.15) is 18.3 Å². The summed E-state index contributed by atoms with van der Waals surface area (Å²) in [5.41, 5.74) is 5.84. The number of aliphatic hydroxyl groups excluding tert-OH is 2. The van der Waals surface area contributed by atoms with Crippen LogP contribution < -0.4 is 11.1 Å². The Kier molecular flexibility index (Phi) is 3.16. The molecule has 17 heavy (non-hydrogen) atoms. The maximum absolute atomic E-state index is 11.6. The quantitative estimate of drug-likeness (QED) is 0.468. The zero-order valence-corrected chi connectivity index (χ0v) is 9.11. The van der Waals surface area contributed by atoms with Gasteiger partial charge in [-0.15, -0.1) is 0 Å². The minimum Gasteiger partial charge on any atom is -0.387 e. The molecule has 0 spiro atoms. The van der Waals surface area contributed by atoms with Gasteiger partial charge in [-0.2, -0.15) is 0 Å². The lowest BCUT2D eigenvalue weighted by Crippen LogP contribution is -2.49. The third-order valence-electron chi connectivity index (χ3n) is 2.78. The van der Waals surface area contributed by atoms with Crippen LogP contribution in [0.25, 0.3) is 0 Å². The van der Waals surface area contributed by atoms with E-state index in [9.17, 15) is 15.0 Å². The van der Waals surface area contributed by atoms with Crippen molar-refractivity contribution in [2.75, 3.05) is 6.54 Å². The molecular weight excluding hydrogens is 226 g/mol. The van der Waals surface area contributed by atoms with Gasteiger partial charge in [-0.3, -0.25) is 4.90 Å². The average molecular weight is 241 g/mol. The van der Waals surface area contributed by atoms with E-state index in [1.807, 2.05) is 0 Å². The van der Waals surface area contributed by atoms with Crippen LogP contribution >= 0.6 is 0 Å². The number of urea groups is 1. The van der Waals surface area contributed by atoms with Crippen LogP contribution in [0.1, 0.15) is 0 Å². The summed E-state index contributed by atoms with van der Waals surface area (Å²) < 4.78 is 5.34. The second-order valence-corrected chi connectivity index (χ2v) is 3.96. The monoisotopic (exact) mass is 241 g/mol. The maximum Gasteiger partial charge on any atom is 0.328 e. The van der Waals surface area contributed by atoms with Crippen LogP contribution in [0, 0.1) is 0 Å². The summed E-state index contributed by atoms with van der Waals surface area (Å²) >= 11 is 0. The lowest BCUT2D eigenvalue weighted by atomic mass is 10.1. The highest BCUT2D eigenvalue weighted by Crippen LogP contribution is 2.25. The van der Waals surface area contributed by atoms with Gasteiger partial charge in [-0.05, 0) is 6.08 Å². The van der Waals surface area contributed by atoms with Crippen LogP contribution in [0.3, 0.4) is 0 Å². The largest absolute Gasteiger partial charge is 0.387 e. The number of nitrogens with one attached hydrogen (secondary N) is 1. The second-order valence-electron chi connectivity index (χ2n) is 3.96. The molecule has 0 radical (unpaired) electrons. The number of carbonyl (C=O) groups excluding carboxylic acids is 1. The number of ether oxygens (including phenoxy) is 1. The molecule has 2 aliphatic heterocycles. The highest BCUT2D eigenvalue weighted by molar-refractivity contribution is 5.79. The van der Waals surface area contributed by atoms with Gasteiger partial charge in [0.25, 0.3) is 0 Å². The summed E-state index contributed by atoms with van der Waals surface area (Å²) in [6.07, 6.45) is -0.897. The molecule has 2 amide bonds. The van der Waals surface area contributed by atoms with Crippen molar-refractivity contribution in [3.8, 4) is 0 Å². The Balaban J connectivity index is 2.16. The molecule has 0 aliphatic carbocycles. The van der Waals surface area contributed by atoms with Crippen LogP contribution in [-0.2, 0) is 4.74 Å². The fourth-order valence-corrected chi connectivity index (χ4v) is 1.84. The van der Waals surface area contributed by atoms with Gasteiger partial charge < -0.3 is 26.0 Å². The standard InChI is InChI=1S/C10H15N3O4/c1-5-2-3-13(10(16)12-5)9-8(15)7(14)6(4-11)17-9/h2-3,6-9,14-15H,1,4,11H2,(H,12,16). The van der Waals surface area contributed by atoms with Crippen molar-refractivity contribution in [2.24, 2.45) is 5.73 Å². The lowest BCUT2D eigenvalue weighted by Gasteiger charge is -2.30. The Morgan fingerprint density at radius 2 is 2.24 bits per heavy atom. The van der Waals surface area contributed by atoms with E-state index in [0.29, 0.717) is 5.70 Å². The summed E-state index contributed by atoms with van der Waals surface area (Å²) in [7, 11) is 0. The third-order valence-corrected chi connectivity index (χ3v) is 2.78. The van der Waals surface area contributed by atoms with E-state index in [0.717, 1.165) is 4.90 Å². The Labute approximate surface area is 98.1 Å². The summed E-state index contributed by atoms with van der Waals surface area (Å²) in [6, 6.07) is -0.466. The zero-order valence-electron chi connectivity index (χ0n) is 9.11. The molecular formula is C10H15N3O4. The first-order valence-corrected chi connectivity index (χ1v) is 5.22. The summed E-state index contributed by atoms with van der Waals surface area (Å²) in [6.45, 7) is 3.64. The lowest BCUT2D eigenvalue weighted by molar-refractivity contribution is -0.0508. The van der Waals surface area contributed by atoms with Crippen molar-refractivity contribution in [1.29, 1.82) is 0 Å². The highest BCUT2D eigenvalue weighted by Gasteiger charge is 2.46. The first-order valence-electron chi connectivity index (χ1n) is 5.22. The average Bonchev–Trinajstić information content (AvgIpc) is 2.57. The molecule has 7 heteroatoms. The van der Waals surface area contributed by atoms with Crippen LogP contribution in [0.4, 0.5) is 4.79 Å². The molecule has 2 rings (SSSR count). The van der Waals surface area contributed by atoms with Crippen molar-refractivity contribution < 1.29 is 19.7 Å². The SMILES string of the molecule is C=C1C=CN(C2OC(CN)C(O)C2O)C(=O)N1. The number of hydrogen-bond donors (Lipinski definition) is 4. The van der Waals surface area contributed by atoms with Gasteiger partial charge >= 0.3 is 6.03 Å². The first-order chi connectivity index (χ1) is 8.04. The van der Waals surface area contributed by atoms with Crippen molar-refractivity contribution in [3.63, 3.8) is 0 Å². The summed E-state index contributed by atoms with van der Waals surface area (Å²) in [5, 5.41) is 21.9. The van der Waals surface area contributed by atoms with Crippen molar-refractivity contribution in [2.45, 2.75) is 24.5 Å². The molecule has 0 saturated carbocycles. The van der Waals surface area contributed by atoms with Crippen LogP contribution in [0.15, 0.2) is 24.6 Å². The minimum absolute atomic E-state index is 0.0700. The normalized spacial score (nSPS) is 37.5. The molecule has 0 aromatic heterocycles. The predicted molar refractivity (Wildman–Crippen MR) is 58.4 cm³/mol. The third kappa shape index (κ3) is 2.05. The molecule has 5 N–H and O–H groups in total. The highest BCUT2D eigenvalue weighted by atomic mass is 16.6. The van der Waals surface area contributed by atoms with Crippen LogP contribution in [-0.4, -0.2) is 52.2 Å². The second kappa shape index (κ2) is 4.46. The Bertz CT molecular complexity index is 371. The van der Waals surface area contributed by atoms with Gasteiger partial charge in [0.05, 0.1) is 0 Å². The molecule has 4 unspecified atom stereocenters. The number of aliphatic hydroxyl groups is 2. The molecule has 94 valence electrons. The van der Waals surface area contributed by atoms with Gasteiger partial charge in [0, 0.05) is 18.4 Å². The fraction of sp³-hybridized carbons (Fsp3) is 0.500. The Morgan fingerprint density at radius 1 is 1.53 bits per heavy atom. The Hall–Kier alpha value is -1.41. The van der Waals surface area contributed by atoms with E-state index in [1.54, 1.807) is 6.08 Å². The van der Waals surface area contributed by atoms with E-state index >= 15 is 0 Å². The van der Waals surface area contributed by atoms with Gasteiger partial charge in [0.2, 0.25) is 0 Å². The van der Waals surface area contributed by atoms with E-state index in [-0.39, 0.29) is 6.54 Å². The van der Waals surface area contributed by atoms with Gasteiger partial charge in [0.15, 0.2) is 6.23 Å². The van der Waals surface area contributed by atoms with Gasteiger partial charge in [-0.25, -0.2) is 4.79 Å². The number of hydrogen-bond acceptors (Lipinski definition) is 5. The summed E-state index contributed by atoms with van der Waals surface area (Å²) in [4.78, 5) is 12.8. The van der Waals surface area contributed by atoms with Crippen molar-refractivity contribution >= 4 is 6.03 Å². The van der Waals surface area contributed by atoms with E-state index < -0.39 is 30.6 Å². The molecule has 7 nitrogen and oxygen atoms in total. The molecule has 0 aromatic rings. The van der Waals surface area contributed by atoms with E-state index in [2.05, 4.69) is 11.9 Å². The maximum atomic E-state index is 11.6. The van der Waals surface area contributed by atoms with Crippen molar-refractivity contribution in [1.82, 2.24) is 10.2 Å². The fourth-order valence-electron chi connectivity index (χ4n) is 1.84. The van der Waals surface area contributed by atoms with Gasteiger partial charge in [-0.1, -0.05) is 6.58 Å². The Morgan fingerprint density at radius 3 is 2.76 bits per heavy atom. The van der Waals surface area contributed by atoms with Crippen LogP contribution in [0.5, 0.6) is 0 Å². The molecule has 2 aliphatic rings. The zero-order chi connectivity index (χ0) is 12.6. The summed E-state index contributed by atoms with van der Waals surface area (Å²) in [5.74, 6) is 0. The number of rotatable bonds is 2. The molecule has 4 atom stereocenters. The molecule has 0 aromatic carbocycles. The number of carbonyl (C=O) groups is 1. The first kappa shape index (κ1) is 12.1.